The molecule has 9 N–H and O–H groups in total. The minimum atomic E-state index is -4.28. The van der Waals surface area contributed by atoms with Gasteiger partial charge in [-0.05, 0) is 120 Å². The second-order valence-electron chi connectivity index (χ2n) is 17.0. The predicted molar refractivity (Wildman–Crippen MR) is 269 cm³/mol. The number of halogens is 4. The summed E-state index contributed by atoms with van der Waals surface area (Å²) in [5, 5.41) is 45.0. The fourth-order valence-corrected chi connectivity index (χ4v) is 9.22. The third-order valence-corrected chi connectivity index (χ3v) is 13.7. The Kier molecular flexibility index (Phi) is 22.9. The number of nitrogens with one attached hydrogen (secondary N) is 3. The quantitative estimate of drug-likeness (QED) is 0.0335. The van der Waals surface area contributed by atoms with Gasteiger partial charge in [0.2, 0.25) is 10.0 Å². The zero-order chi connectivity index (χ0) is 53.9. The molecule has 0 amide bonds. The number of aliphatic hydroxyl groups is 2. The van der Waals surface area contributed by atoms with Gasteiger partial charge in [-0.15, -0.1) is 0 Å². The summed E-state index contributed by atoms with van der Waals surface area (Å²) in [4.78, 5) is 21.5. The van der Waals surface area contributed by atoms with Gasteiger partial charge in [0.15, 0.2) is 9.84 Å². The number of benzene rings is 6. The van der Waals surface area contributed by atoms with Crippen molar-refractivity contribution in [1.29, 1.82) is 0 Å². The van der Waals surface area contributed by atoms with Crippen LogP contribution in [0, 0.1) is 23.3 Å². The summed E-state index contributed by atoms with van der Waals surface area (Å²) in [6.45, 7) is 5.48. The first kappa shape index (κ1) is 59.2. The lowest BCUT2D eigenvalue weighted by atomic mass is 10.0. The molecule has 0 aromatic heterocycles. The Hall–Kier alpha value is -6.36. The van der Waals surface area contributed by atoms with E-state index < -0.39 is 79.4 Å². The standard InChI is InChI=1S/C26H28F2N2O5S.C19H24F2N2O.C8H8O4S/c1-2-17-5-3-6-18(9-17)15-29-16-25(31)24(12-19-10-21(27)14-22(28)11-19)30-36(34,35)23-8-4-7-20(13-23)26(32)33;1-2-13-4-3-5-14(6-13)11-23-12-19(24)18(22)9-15-7-16(20)10-17(21)8-15;1-13(11,12)7-4-2-3-6(5-7)8(9)10/h3-11,13-14,24-25,29-31H,2,12,15-16H2,1H3,(H,32,33);3-8,10,18-19,23-24H,2,9,11-12,22H2,1H3;2-5H,1H3,(H,9,10)/t24-,25+;18-,19+;/m00./s1. The number of hydrogen-bond donors (Lipinski definition) is 8. The van der Waals surface area contributed by atoms with Crippen LogP contribution in [0.4, 0.5) is 17.6 Å². The molecule has 0 heterocycles. The van der Waals surface area contributed by atoms with Crippen LogP contribution in [-0.4, -0.2) is 92.8 Å². The van der Waals surface area contributed by atoms with Crippen LogP contribution >= 0.6 is 0 Å². The first-order chi connectivity index (χ1) is 34.5. The SMILES string of the molecule is CCc1cccc(CNC[C@@H](O)[C@@H](N)Cc2cc(F)cc(F)c2)c1.CCc1cccc(CNC[C@@H](O)[C@H](Cc2cc(F)cc(F)c2)NS(=O)(=O)c2cccc(C(=O)O)c2)c1.CS(=O)(=O)c1cccc(C(=O)O)c1. The number of aliphatic hydroxyl groups excluding tert-OH is 2. The summed E-state index contributed by atoms with van der Waals surface area (Å²) >= 11 is 0. The van der Waals surface area contributed by atoms with Crippen molar-refractivity contribution < 1.29 is 64.4 Å². The topological polar surface area (TPSA) is 245 Å². The highest BCUT2D eigenvalue weighted by molar-refractivity contribution is 7.90. The fourth-order valence-electron chi connectivity index (χ4n) is 7.24. The Labute approximate surface area is 422 Å². The molecular weight excluding hydrogens is 993 g/mol. The predicted octanol–water partition coefficient (Wildman–Crippen LogP) is 6.60. The number of carbonyl (C=O) groups is 2. The minimum absolute atomic E-state index is 0.0174. The second-order valence-corrected chi connectivity index (χ2v) is 20.8. The highest BCUT2D eigenvalue weighted by atomic mass is 32.2. The molecule has 0 fully saturated rings. The lowest BCUT2D eigenvalue weighted by molar-refractivity contribution is 0.0685. The molecule has 14 nitrogen and oxygen atoms in total. The number of aryl methyl sites for hydroxylation is 2. The first-order valence-corrected chi connectivity index (χ1v) is 26.3. The van der Waals surface area contributed by atoms with Crippen LogP contribution in [0.1, 0.15) is 67.9 Å². The molecule has 0 saturated heterocycles. The molecular formula is C53H60F4N4O10S2. The highest BCUT2D eigenvalue weighted by Crippen LogP contribution is 2.18. The summed E-state index contributed by atoms with van der Waals surface area (Å²) in [6.07, 6.45) is 0.810. The molecule has 0 aliphatic carbocycles. The number of sulfonamides is 1. The lowest BCUT2D eigenvalue weighted by Crippen LogP contribution is -2.48. The van der Waals surface area contributed by atoms with Crippen LogP contribution in [0.2, 0.25) is 0 Å². The maximum Gasteiger partial charge on any atom is 0.335 e. The number of carboxylic acids is 2. The average molecular weight is 1050 g/mol. The van der Waals surface area contributed by atoms with Crippen molar-refractivity contribution >= 4 is 31.8 Å². The molecule has 0 bridgehead atoms. The van der Waals surface area contributed by atoms with Gasteiger partial charge in [0.25, 0.3) is 0 Å². The molecule has 0 saturated carbocycles. The van der Waals surface area contributed by atoms with E-state index in [1.807, 2.05) is 43.3 Å². The summed E-state index contributed by atoms with van der Waals surface area (Å²) in [5.74, 6) is -5.37. The van der Waals surface area contributed by atoms with Crippen molar-refractivity contribution in [2.24, 2.45) is 5.73 Å². The highest BCUT2D eigenvalue weighted by Gasteiger charge is 2.27. The van der Waals surface area contributed by atoms with Crippen molar-refractivity contribution in [3.05, 3.63) is 201 Å². The van der Waals surface area contributed by atoms with Gasteiger partial charge >= 0.3 is 11.9 Å². The Bertz CT molecular complexity index is 2980. The molecule has 20 heteroatoms. The third-order valence-electron chi connectivity index (χ3n) is 11.1. The van der Waals surface area contributed by atoms with Gasteiger partial charge in [-0.2, -0.15) is 0 Å². The Balaban J connectivity index is 0.000000267. The number of sulfone groups is 1. The zero-order valence-corrected chi connectivity index (χ0v) is 41.9. The molecule has 0 aliphatic rings. The molecule has 0 radical (unpaired) electrons. The maximum atomic E-state index is 13.7. The van der Waals surface area contributed by atoms with E-state index in [9.17, 15) is 59.3 Å². The molecule has 4 atom stereocenters. The van der Waals surface area contributed by atoms with E-state index in [4.69, 9.17) is 10.8 Å². The van der Waals surface area contributed by atoms with Gasteiger partial charge in [-0.3, -0.25) is 0 Å². The number of rotatable bonds is 22. The zero-order valence-electron chi connectivity index (χ0n) is 40.3. The average Bonchev–Trinajstić information content (AvgIpc) is 3.33. The van der Waals surface area contributed by atoms with Crippen molar-refractivity contribution in [1.82, 2.24) is 15.4 Å². The minimum Gasteiger partial charge on any atom is -0.478 e. The number of hydrogen-bond acceptors (Lipinski definition) is 11. The summed E-state index contributed by atoms with van der Waals surface area (Å²) in [5.41, 5.74) is 10.8. The van der Waals surface area contributed by atoms with Gasteiger partial charge in [0, 0.05) is 50.6 Å². The van der Waals surface area contributed by atoms with E-state index in [-0.39, 0.29) is 45.9 Å². The van der Waals surface area contributed by atoms with Crippen LogP contribution in [0.3, 0.4) is 0 Å². The van der Waals surface area contributed by atoms with E-state index >= 15 is 0 Å². The largest absolute Gasteiger partial charge is 0.478 e. The first-order valence-electron chi connectivity index (χ1n) is 22.9. The van der Waals surface area contributed by atoms with E-state index in [1.165, 1.54) is 54.1 Å². The summed E-state index contributed by atoms with van der Waals surface area (Å²) in [7, 11) is -7.60. The van der Waals surface area contributed by atoms with Crippen LogP contribution in [0.15, 0.2) is 143 Å². The third kappa shape index (κ3) is 20.2. The van der Waals surface area contributed by atoms with Gasteiger partial charge < -0.3 is 36.8 Å². The molecule has 0 unspecified atom stereocenters. The van der Waals surface area contributed by atoms with Gasteiger partial charge in [-0.25, -0.2) is 48.7 Å². The van der Waals surface area contributed by atoms with E-state index in [0.717, 1.165) is 66.1 Å². The van der Waals surface area contributed by atoms with Gasteiger partial charge in [-0.1, -0.05) is 74.5 Å². The van der Waals surface area contributed by atoms with Crippen molar-refractivity contribution in [2.75, 3.05) is 19.3 Å². The van der Waals surface area contributed by atoms with Crippen molar-refractivity contribution in [3.63, 3.8) is 0 Å². The lowest BCUT2D eigenvalue weighted by Gasteiger charge is -2.25. The molecule has 0 spiro atoms. The van der Waals surface area contributed by atoms with Gasteiger partial charge in [0.05, 0.1) is 39.2 Å². The number of nitrogens with two attached hydrogens (primary N) is 1. The molecule has 392 valence electrons. The second kappa shape index (κ2) is 28.2. The van der Waals surface area contributed by atoms with Crippen molar-refractivity contribution in [2.45, 2.75) is 86.7 Å². The Morgan fingerprint density at radius 2 is 0.932 bits per heavy atom. The molecule has 6 aromatic carbocycles. The van der Waals surface area contributed by atoms with Crippen molar-refractivity contribution in [3.8, 4) is 0 Å². The van der Waals surface area contributed by atoms with E-state index in [1.54, 1.807) is 0 Å². The number of aromatic carboxylic acids is 2. The van der Waals surface area contributed by atoms with Crippen LogP contribution < -0.4 is 21.1 Å². The maximum absolute atomic E-state index is 13.7. The molecule has 0 aliphatic heterocycles. The van der Waals surface area contributed by atoms with Crippen LogP contribution in [0.25, 0.3) is 0 Å². The van der Waals surface area contributed by atoms with Gasteiger partial charge in [0.1, 0.15) is 23.3 Å². The fraction of sp³-hybridized carbons (Fsp3) is 0.283. The van der Waals surface area contributed by atoms with Crippen LogP contribution in [-0.2, 0) is 58.6 Å². The Morgan fingerprint density at radius 1 is 0.534 bits per heavy atom. The normalized spacial score (nSPS) is 13.1. The van der Waals surface area contributed by atoms with Crippen LogP contribution in [0.5, 0.6) is 0 Å². The Morgan fingerprint density at radius 3 is 1.37 bits per heavy atom. The smallest absolute Gasteiger partial charge is 0.335 e. The number of carboxylic acid groups (broad SMARTS) is 2. The van der Waals surface area contributed by atoms with E-state index in [0.29, 0.717) is 31.3 Å². The molecule has 6 aromatic rings. The summed E-state index contributed by atoms with van der Waals surface area (Å²) in [6, 6.07) is 30.4. The monoisotopic (exact) mass is 1050 g/mol. The molecule has 6 rings (SSSR count). The molecule has 73 heavy (non-hydrogen) atoms. The summed E-state index contributed by atoms with van der Waals surface area (Å²) < 4.78 is 104. The van der Waals surface area contributed by atoms with E-state index in [2.05, 4.69) is 34.4 Å².